The third kappa shape index (κ3) is 2.92. The van der Waals surface area contributed by atoms with E-state index in [0.29, 0.717) is 31.3 Å². The summed E-state index contributed by atoms with van der Waals surface area (Å²) in [6.07, 6.45) is 5.02. The van der Waals surface area contributed by atoms with E-state index >= 15 is 0 Å². The number of aromatic nitrogens is 2. The van der Waals surface area contributed by atoms with Gasteiger partial charge in [-0.2, -0.15) is 0 Å². The Morgan fingerprint density at radius 2 is 2.23 bits per heavy atom. The zero-order valence-corrected chi connectivity index (χ0v) is 12.4. The summed E-state index contributed by atoms with van der Waals surface area (Å²) in [5, 5.41) is 0. The van der Waals surface area contributed by atoms with Crippen molar-refractivity contribution in [1.82, 2.24) is 14.9 Å². The summed E-state index contributed by atoms with van der Waals surface area (Å²) in [7, 11) is 0. The van der Waals surface area contributed by atoms with Crippen LogP contribution in [0.5, 0.6) is 0 Å². The zero-order chi connectivity index (χ0) is 15.4. The molecule has 6 nitrogen and oxygen atoms in total. The highest BCUT2D eigenvalue weighted by Crippen LogP contribution is 2.25. The molecular formula is C16H18N4O2. The molecule has 0 radical (unpaired) electrons. The van der Waals surface area contributed by atoms with Gasteiger partial charge < -0.3 is 9.64 Å². The van der Waals surface area contributed by atoms with Gasteiger partial charge in [0.25, 0.3) is 0 Å². The van der Waals surface area contributed by atoms with Crippen LogP contribution in [0.25, 0.3) is 0 Å². The van der Waals surface area contributed by atoms with Crippen molar-refractivity contribution in [3.63, 3.8) is 0 Å². The molecule has 1 fully saturated rings. The Balaban J connectivity index is 1.97. The zero-order valence-electron chi connectivity index (χ0n) is 12.4. The highest BCUT2D eigenvalue weighted by Gasteiger charge is 2.30. The van der Waals surface area contributed by atoms with Crippen molar-refractivity contribution in [1.29, 1.82) is 0 Å². The number of rotatable bonds is 2. The third-order valence-electron chi connectivity index (χ3n) is 3.59. The number of anilines is 2. The molecule has 1 saturated heterocycles. The number of nitrogens with zero attached hydrogens (tertiary/aromatic N) is 4. The predicted octanol–water partition coefficient (Wildman–Crippen LogP) is 2.46. The number of carbonyl (C=O) groups excluding carboxylic acids is 1. The van der Waals surface area contributed by atoms with Crippen LogP contribution in [0.3, 0.4) is 0 Å². The second-order valence-corrected chi connectivity index (χ2v) is 5.13. The van der Waals surface area contributed by atoms with Gasteiger partial charge >= 0.3 is 6.03 Å². The Labute approximate surface area is 129 Å². The van der Waals surface area contributed by atoms with Crippen LogP contribution in [-0.4, -0.2) is 46.7 Å². The molecule has 3 rings (SSSR count). The minimum atomic E-state index is -0.109. The maximum atomic E-state index is 13.0. The van der Waals surface area contributed by atoms with Gasteiger partial charge in [0.2, 0.25) is 0 Å². The van der Waals surface area contributed by atoms with E-state index in [-0.39, 0.29) is 12.1 Å². The Hall–Kier alpha value is -2.47. The van der Waals surface area contributed by atoms with E-state index in [2.05, 4.69) is 9.97 Å². The van der Waals surface area contributed by atoms with Crippen molar-refractivity contribution in [3.05, 3.63) is 48.9 Å². The van der Waals surface area contributed by atoms with E-state index in [1.807, 2.05) is 36.1 Å². The minimum Gasteiger partial charge on any atom is -0.377 e. The molecule has 0 spiro atoms. The van der Waals surface area contributed by atoms with Gasteiger partial charge in [-0.05, 0) is 31.2 Å². The number of hydrogen-bond donors (Lipinski definition) is 0. The molecule has 2 amide bonds. The molecule has 0 bridgehead atoms. The van der Waals surface area contributed by atoms with Gasteiger partial charge in [0.05, 0.1) is 31.1 Å². The van der Waals surface area contributed by atoms with Crippen molar-refractivity contribution in [2.75, 3.05) is 24.7 Å². The lowest BCUT2D eigenvalue weighted by molar-refractivity contribution is 0.0211. The second kappa shape index (κ2) is 6.53. The lowest BCUT2D eigenvalue weighted by Gasteiger charge is -2.36. The van der Waals surface area contributed by atoms with Gasteiger partial charge in [-0.3, -0.25) is 4.98 Å². The van der Waals surface area contributed by atoms with E-state index in [9.17, 15) is 4.79 Å². The summed E-state index contributed by atoms with van der Waals surface area (Å²) in [5.41, 5.74) is 0.699. The van der Waals surface area contributed by atoms with Gasteiger partial charge in [-0.15, -0.1) is 0 Å². The van der Waals surface area contributed by atoms with E-state index < -0.39 is 0 Å². The third-order valence-corrected chi connectivity index (χ3v) is 3.59. The fourth-order valence-corrected chi connectivity index (χ4v) is 2.45. The molecule has 1 aliphatic heterocycles. The standard InChI is InChI=1S/C16H18N4O2/c1-13-12-22-10-9-19(13)16(21)20(14-5-4-7-17-11-14)15-6-2-3-8-18-15/h2-8,11,13H,9-10,12H2,1H3. The van der Waals surface area contributed by atoms with Crippen LogP contribution >= 0.6 is 0 Å². The molecule has 1 atom stereocenters. The Bertz CT molecular complexity index is 581. The van der Waals surface area contributed by atoms with Gasteiger partial charge in [-0.1, -0.05) is 6.07 Å². The number of hydrogen-bond acceptors (Lipinski definition) is 4. The van der Waals surface area contributed by atoms with Crippen LogP contribution in [0.4, 0.5) is 16.3 Å². The normalized spacial score (nSPS) is 18.0. The molecule has 1 unspecified atom stereocenters. The first-order valence-electron chi connectivity index (χ1n) is 7.27. The van der Waals surface area contributed by atoms with Crippen molar-refractivity contribution >= 4 is 17.5 Å². The molecule has 3 heterocycles. The molecule has 0 saturated carbocycles. The quantitative estimate of drug-likeness (QED) is 0.854. The highest BCUT2D eigenvalue weighted by atomic mass is 16.5. The lowest BCUT2D eigenvalue weighted by Crippen LogP contribution is -2.51. The van der Waals surface area contributed by atoms with Gasteiger partial charge in [0.1, 0.15) is 5.82 Å². The van der Waals surface area contributed by atoms with Crippen molar-refractivity contribution in [2.45, 2.75) is 13.0 Å². The smallest absolute Gasteiger partial charge is 0.330 e. The molecule has 0 N–H and O–H groups in total. The molecule has 2 aromatic heterocycles. The summed E-state index contributed by atoms with van der Waals surface area (Å²) < 4.78 is 5.41. The summed E-state index contributed by atoms with van der Waals surface area (Å²) in [5.74, 6) is 0.583. The van der Waals surface area contributed by atoms with Crippen LogP contribution < -0.4 is 4.90 Å². The van der Waals surface area contributed by atoms with Crippen molar-refractivity contribution < 1.29 is 9.53 Å². The van der Waals surface area contributed by atoms with E-state index in [1.165, 1.54) is 0 Å². The fourth-order valence-electron chi connectivity index (χ4n) is 2.45. The van der Waals surface area contributed by atoms with E-state index in [4.69, 9.17) is 4.74 Å². The predicted molar refractivity (Wildman–Crippen MR) is 83.0 cm³/mol. The first-order chi connectivity index (χ1) is 10.8. The molecule has 6 heteroatoms. The fraction of sp³-hybridized carbons (Fsp3) is 0.312. The van der Waals surface area contributed by atoms with E-state index in [0.717, 1.165) is 0 Å². The van der Waals surface area contributed by atoms with Crippen LogP contribution in [-0.2, 0) is 4.74 Å². The average Bonchev–Trinajstić information content (AvgIpc) is 2.57. The Morgan fingerprint density at radius 1 is 1.32 bits per heavy atom. The molecule has 1 aliphatic rings. The Kier molecular flexibility index (Phi) is 4.29. The first-order valence-corrected chi connectivity index (χ1v) is 7.27. The van der Waals surface area contributed by atoms with Crippen molar-refractivity contribution in [3.8, 4) is 0 Å². The topological polar surface area (TPSA) is 58.6 Å². The minimum absolute atomic E-state index is 0.0316. The number of amides is 2. The SMILES string of the molecule is CC1COCCN1C(=O)N(c1cccnc1)c1ccccn1. The molecule has 114 valence electrons. The largest absolute Gasteiger partial charge is 0.377 e. The average molecular weight is 298 g/mol. The molecule has 22 heavy (non-hydrogen) atoms. The first kappa shape index (κ1) is 14.5. The van der Waals surface area contributed by atoms with Crippen LogP contribution in [0.1, 0.15) is 6.92 Å². The molecular weight excluding hydrogens is 280 g/mol. The van der Waals surface area contributed by atoms with Crippen molar-refractivity contribution in [2.24, 2.45) is 0 Å². The summed E-state index contributed by atoms with van der Waals surface area (Å²) in [6, 6.07) is 9.09. The second-order valence-electron chi connectivity index (χ2n) is 5.13. The van der Waals surface area contributed by atoms with Crippen LogP contribution in [0, 0.1) is 0 Å². The summed E-state index contributed by atoms with van der Waals surface area (Å²) in [6.45, 7) is 3.66. The molecule has 0 aliphatic carbocycles. The van der Waals surface area contributed by atoms with Crippen LogP contribution in [0.2, 0.25) is 0 Å². The van der Waals surface area contributed by atoms with E-state index in [1.54, 1.807) is 29.6 Å². The summed E-state index contributed by atoms with van der Waals surface area (Å²) >= 11 is 0. The maximum absolute atomic E-state index is 13.0. The maximum Gasteiger partial charge on any atom is 0.330 e. The van der Waals surface area contributed by atoms with Gasteiger partial charge in [0.15, 0.2) is 0 Å². The van der Waals surface area contributed by atoms with Gasteiger partial charge in [0, 0.05) is 18.9 Å². The number of pyridine rings is 2. The van der Waals surface area contributed by atoms with Crippen LogP contribution in [0.15, 0.2) is 48.9 Å². The molecule has 0 aromatic carbocycles. The number of urea groups is 1. The molecule has 2 aromatic rings. The van der Waals surface area contributed by atoms with Gasteiger partial charge in [-0.25, -0.2) is 14.7 Å². The monoisotopic (exact) mass is 298 g/mol. The number of ether oxygens (including phenoxy) is 1. The lowest BCUT2D eigenvalue weighted by atomic mass is 10.2. The highest BCUT2D eigenvalue weighted by molar-refractivity contribution is 5.98. The number of morpholine rings is 1. The Morgan fingerprint density at radius 3 is 2.91 bits per heavy atom. The summed E-state index contributed by atoms with van der Waals surface area (Å²) in [4.78, 5) is 24.9. The number of carbonyl (C=O) groups is 1.